The molecule has 27 heavy (non-hydrogen) atoms. The van der Waals surface area contributed by atoms with Crippen molar-refractivity contribution < 1.29 is 9.47 Å². The fourth-order valence-corrected chi connectivity index (χ4v) is 3.28. The molecule has 2 rings (SSSR count). The van der Waals surface area contributed by atoms with Gasteiger partial charge in [-0.1, -0.05) is 6.92 Å². The topological polar surface area (TPSA) is 58.1 Å². The summed E-state index contributed by atoms with van der Waals surface area (Å²) in [6.07, 6.45) is 3.80. The predicted octanol–water partition coefficient (Wildman–Crippen LogP) is 2.88. The number of hydrogen-bond acceptors (Lipinski definition) is 4. The minimum absolute atomic E-state index is 0.562. The van der Waals surface area contributed by atoms with Crippen LogP contribution in [0.15, 0.2) is 23.2 Å². The Morgan fingerprint density at radius 3 is 2.63 bits per heavy atom. The third-order valence-corrected chi connectivity index (χ3v) is 5.07. The van der Waals surface area contributed by atoms with Crippen LogP contribution in [0.2, 0.25) is 0 Å². The van der Waals surface area contributed by atoms with E-state index in [1.54, 1.807) is 14.2 Å². The Kier molecular flexibility index (Phi) is 9.25. The normalized spacial score (nSPS) is 16.2. The van der Waals surface area contributed by atoms with E-state index in [-0.39, 0.29) is 0 Å². The molecule has 0 atom stereocenters. The van der Waals surface area contributed by atoms with E-state index < -0.39 is 0 Å². The number of piperidine rings is 1. The van der Waals surface area contributed by atoms with Crippen LogP contribution in [-0.2, 0) is 6.54 Å². The van der Waals surface area contributed by atoms with E-state index in [0.717, 1.165) is 55.0 Å². The van der Waals surface area contributed by atoms with Gasteiger partial charge in [0.25, 0.3) is 0 Å². The molecule has 1 saturated heterocycles. The zero-order valence-electron chi connectivity index (χ0n) is 17.4. The van der Waals surface area contributed by atoms with Crippen molar-refractivity contribution in [3.63, 3.8) is 0 Å². The van der Waals surface area contributed by atoms with Gasteiger partial charge in [0.05, 0.1) is 20.8 Å². The molecule has 0 radical (unpaired) electrons. The Bertz CT molecular complexity index is 584. The zero-order valence-corrected chi connectivity index (χ0v) is 17.4. The van der Waals surface area contributed by atoms with Crippen LogP contribution in [0.4, 0.5) is 0 Å². The maximum Gasteiger partial charge on any atom is 0.191 e. The summed E-state index contributed by atoms with van der Waals surface area (Å²) < 4.78 is 10.7. The number of rotatable bonds is 9. The lowest BCUT2D eigenvalue weighted by molar-refractivity contribution is 0.191. The van der Waals surface area contributed by atoms with Gasteiger partial charge >= 0.3 is 0 Å². The van der Waals surface area contributed by atoms with Crippen LogP contribution < -0.4 is 20.1 Å². The Hall–Kier alpha value is -1.95. The Morgan fingerprint density at radius 2 is 1.96 bits per heavy atom. The van der Waals surface area contributed by atoms with Crippen molar-refractivity contribution >= 4 is 5.96 Å². The molecular formula is C21H36N4O2. The first kappa shape index (κ1) is 21.4. The van der Waals surface area contributed by atoms with Crippen molar-refractivity contribution in [1.29, 1.82) is 0 Å². The molecule has 1 aromatic rings. The maximum absolute atomic E-state index is 5.46. The summed E-state index contributed by atoms with van der Waals surface area (Å²) in [7, 11) is 3.33. The number of hydrogen-bond donors (Lipinski definition) is 2. The van der Waals surface area contributed by atoms with Gasteiger partial charge in [0, 0.05) is 24.7 Å². The van der Waals surface area contributed by atoms with Crippen molar-refractivity contribution in [1.82, 2.24) is 15.5 Å². The SMILES string of the molecule is CCNC(=NCc1ccc(OC)cc1OC)NCCCN1CCC(C)CC1. The van der Waals surface area contributed by atoms with Crippen molar-refractivity contribution in [2.24, 2.45) is 10.9 Å². The first-order chi connectivity index (χ1) is 13.2. The highest BCUT2D eigenvalue weighted by molar-refractivity contribution is 5.79. The highest BCUT2D eigenvalue weighted by atomic mass is 16.5. The van der Waals surface area contributed by atoms with Crippen molar-refractivity contribution in [3.8, 4) is 11.5 Å². The lowest BCUT2D eigenvalue weighted by Crippen LogP contribution is -2.39. The summed E-state index contributed by atoms with van der Waals surface area (Å²) in [5.41, 5.74) is 1.04. The number of aliphatic imine (C=N–C) groups is 1. The number of nitrogens with one attached hydrogen (secondary N) is 2. The molecule has 0 spiro atoms. The molecule has 2 N–H and O–H groups in total. The van der Waals surface area contributed by atoms with E-state index in [1.165, 1.54) is 25.9 Å². The quantitative estimate of drug-likeness (QED) is 0.394. The van der Waals surface area contributed by atoms with Gasteiger partial charge in [-0.2, -0.15) is 0 Å². The minimum atomic E-state index is 0.562. The summed E-state index contributed by atoms with van der Waals surface area (Å²) in [5.74, 6) is 3.33. The van der Waals surface area contributed by atoms with Crippen LogP contribution >= 0.6 is 0 Å². The second kappa shape index (κ2) is 11.7. The third-order valence-electron chi connectivity index (χ3n) is 5.07. The molecular weight excluding hydrogens is 340 g/mol. The van der Waals surface area contributed by atoms with Crippen LogP contribution in [0, 0.1) is 5.92 Å². The van der Waals surface area contributed by atoms with Crippen LogP contribution in [0.25, 0.3) is 0 Å². The number of benzene rings is 1. The Balaban J connectivity index is 1.81. The summed E-state index contributed by atoms with van der Waals surface area (Å²) in [4.78, 5) is 7.28. The Labute approximate surface area is 164 Å². The average Bonchev–Trinajstić information content (AvgIpc) is 2.70. The maximum atomic E-state index is 5.46. The minimum Gasteiger partial charge on any atom is -0.497 e. The zero-order chi connectivity index (χ0) is 19.5. The summed E-state index contributed by atoms with van der Waals surface area (Å²) >= 11 is 0. The first-order valence-corrected chi connectivity index (χ1v) is 10.1. The molecule has 0 aliphatic carbocycles. The molecule has 6 heteroatoms. The second-order valence-electron chi connectivity index (χ2n) is 7.18. The summed E-state index contributed by atoms with van der Waals surface area (Å²) in [6, 6.07) is 5.83. The van der Waals surface area contributed by atoms with Gasteiger partial charge < -0.3 is 25.0 Å². The molecule has 0 saturated carbocycles. The Morgan fingerprint density at radius 1 is 1.19 bits per heavy atom. The first-order valence-electron chi connectivity index (χ1n) is 10.1. The highest BCUT2D eigenvalue weighted by Crippen LogP contribution is 2.25. The molecule has 1 aliphatic heterocycles. The van der Waals surface area contributed by atoms with Gasteiger partial charge in [0.1, 0.15) is 11.5 Å². The third kappa shape index (κ3) is 7.29. The molecule has 0 amide bonds. The molecule has 0 unspecified atom stereocenters. The smallest absolute Gasteiger partial charge is 0.191 e. The van der Waals surface area contributed by atoms with Crippen molar-refractivity contribution in [3.05, 3.63) is 23.8 Å². The molecule has 1 fully saturated rings. The highest BCUT2D eigenvalue weighted by Gasteiger charge is 2.14. The molecule has 0 bridgehead atoms. The monoisotopic (exact) mass is 376 g/mol. The van der Waals surface area contributed by atoms with Crippen LogP contribution in [-0.4, -0.2) is 57.8 Å². The van der Waals surface area contributed by atoms with Gasteiger partial charge in [0.2, 0.25) is 0 Å². The molecule has 6 nitrogen and oxygen atoms in total. The molecule has 0 aromatic heterocycles. The van der Waals surface area contributed by atoms with E-state index in [9.17, 15) is 0 Å². The molecule has 152 valence electrons. The summed E-state index contributed by atoms with van der Waals surface area (Å²) in [6.45, 7) is 10.4. The van der Waals surface area contributed by atoms with Crippen molar-refractivity contribution in [2.75, 3.05) is 46.9 Å². The largest absolute Gasteiger partial charge is 0.497 e. The van der Waals surface area contributed by atoms with Gasteiger partial charge in [0.15, 0.2) is 5.96 Å². The number of ether oxygens (including phenoxy) is 2. The standard InChI is InChI=1S/C21H36N4O2/c1-5-22-21(23-11-6-12-25-13-9-17(2)10-14-25)24-16-18-7-8-19(26-3)15-20(18)27-4/h7-8,15,17H,5-6,9-14,16H2,1-4H3,(H2,22,23,24). The number of likely N-dealkylation sites (tertiary alicyclic amines) is 1. The number of guanidine groups is 1. The fourth-order valence-electron chi connectivity index (χ4n) is 3.28. The van der Waals surface area contributed by atoms with Gasteiger partial charge in [-0.15, -0.1) is 0 Å². The number of methoxy groups -OCH3 is 2. The molecule has 1 aliphatic rings. The van der Waals surface area contributed by atoms with Crippen LogP contribution in [0.5, 0.6) is 11.5 Å². The lowest BCUT2D eigenvalue weighted by atomic mass is 9.99. The van der Waals surface area contributed by atoms with Crippen molar-refractivity contribution in [2.45, 2.75) is 39.7 Å². The fraction of sp³-hybridized carbons (Fsp3) is 0.667. The van der Waals surface area contributed by atoms with E-state index in [4.69, 9.17) is 14.5 Å². The van der Waals surface area contributed by atoms with E-state index in [0.29, 0.717) is 6.54 Å². The van der Waals surface area contributed by atoms with Gasteiger partial charge in [-0.3, -0.25) is 0 Å². The second-order valence-corrected chi connectivity index (χ2v) is 7.18. The lowest BCUT2D eigenvalue weighted by Gasteiger charge is -2.30. The van der Waals surface area contributed by atoms with Gasteiger partial charge in [-0.05, 0) is 63.9 Å². The van der Waals surface area contributed by atoms with E-state index >= 15 is 0 Å². The van der Waals surface area contributed by atoms with E-state index in [1.807, 2.05) is 18.2 Å². The predicted molar refractivity (Wildman–Crippen MR) is 112 cm³/mol. The average molecular weight is 377 g/mol. The summed E-state index contributed by atoms with van der Waals surface area (Å²) in [5, 5.41) is 6.76. The van der Waals surface area contributed by atoms with Crippen LogP contribution in [0.3, 0.4) is 0 Å². The number of nitrogens with zero attached hydrogens (tertiary/aromatic N) is 2. The molecule has 1 aromatic carbocycles. The molecule has 1 heterocycles. The van der Waals surface area contributed by atoms with Gasteiger partial charge in [-0.25, -0.2) is 4.99 Å². The van der Waals surface area contributed by atoms with E-state index in [2.05, 4.69) is 29.4 Å². The van der Waals surface area contributed by atoms with Crippen LogP contribution in [0.1, 0.15) is 38.7 Å².